The average molecular weight is 209 g/mol. The van der Waals surface area contributed by atoms with E-state index < -0.39 is 0 Å². The number of benzene rings is 1. The Labute approximate surface area is 95.7 Å². The standard InChI is InChI=1S/C10H15N.2C2H6/c1-2-3-6-9-7-4-5-8-10(9)11;2*1-2/h4-5,7-8H,2-3,6,11H2,1H3;2*1-2H3. The van der Waals surface area contributed by atoms with E-state index in [2.05, 4.69) is 13.0 Å². The molecule has 88 valence electrons. The molecule has 0 saturated heterocycles. The lowest BCUT2D eigenvalue weighted by atomic mass is 10.1. The molecule has 0 bridgehead atoms. The van der Waals surface area contributed by atoms with Crippen LogP contribution in [-0.2, 0) is 6.42 Å². The highest BCUT2D eigenvalue weighted by Crippen LogP contribution is 2.12. The van der Waals surface area contributed by atoms with Crippen molar-refractivity contribution in [1.82, 2.24) is 0 Å². The first kappa shape index (κ1) is 16.4. The Bertz CT molecular complexity index is 218. The van der Waals surface area contributed by atoms with Crippen LogP contribution >= 0.6 is 0 Å². The molecule has 2 N–H and O–H groups in total. The van der Waals surface area contributed by atoms with Crippen molar-refractivity contribution < 1.29 is 0 Å². The minimum absolute atomic E-state index is 0.931. The van der Waals surface area contributed by atoms with Crippen LogP contribution in [0.15, 0.2) is 24.3 Å². The van der Waals surface area contributed by atoms with Crippen molar-refractivity contribution in [3.63, 3.8) is 0 Å². The van der Waals surface area contributed by atoms with Gasteiger partial charge in [-0.3, -0.25) is 0 Å². The lowest BCUT2D eigenvalue weighted by Gasteiger charge is -2.02. The van der Waals surface area contributed by atoms with Crippen LogP contribution in [0.4, 0.5) is 5.69 Å². The molecule has 0 aliphatic rings. The van der Waals surface area contributed by atoms with Gasteiger partial charge in [-0.1, -0.05) is 59.2 Å². The van der Waals surface area contributed by atoms with Gasteiger partial charge in [0, 0.05) is 5.69 Å². The Morgan fingerprint density at radius 3 is 2.00 bits per heavy atom. The number of unbranched alkanes of at least 4 members (excludes halogenated alkanes) is 1. The van der Waals surface area contributed by atoms with Gasteiger partial charge in [0.1, 0.15) is 0 Å². The molecule has 1 aromatic carbocycles. The first-order valence-corrected chi connectivity index (χ1v) is 6.18. The Kier molecular flexibility index (Phi) is 14.3. The second-order valence-electron chi connectivity index (χ2n) is 2.80. The number of hydrogen-bond donors (Lipinski definition) is 1. The van der Waals surface area contributed by atoms with E-state index in [0.717, 1.165) is 12.1 Å². The third-order valence-electron chi connectivity index (χ3n) is 1.85. The molecule has 0 aliphatic carbocycles. The fourth-order valence-corrected chi connectivity index (χ4v) is 1.13. The predicted octanol–water partition coefficient (Wildman–Crippen LogP) is 4.66. The van der Waals surface area contributed by atoms with E-state index in [4.69, 9.17) is 5.73 Å². The van der Waals surface area contributed by atoms with Crippen LogP contribution in [0.3, 0.4) is 0 Å². The maximum absolute atomic E-state index is 5.76. The molecule has 1 nitrogen and oxygen atoms in total. The number of aryl methyl sites for hydroxylation is 1. The van der Waals surface area contributed by atoms with Crippen LogP contribution in [0.1, 0.15) is 53.0 Å². The van der Waals surface area contributed by atoms with Crippen molar-refractivity contribution >= 4 is 5.69 Å². The Hall–Kier alpha value is -0.980. The third-order valence-corrected chi connectivity index (χ3v) is 1.85. The van der Waals surface area contributed by atoms with Crippen molar-refractivity contribution in [2.45, 2.75) is 53.9 Å². The van der Waals surface area contributed by atoms with E-state index in [0.29, 0.717) is 0 Å². The zero-order valence-corrected chi connectivity index (χ0v) is 11.0. The van der Waals surface area contributed by atoms with Crippen molar-refractivity contribution in [1.29, 1.82) is 0 Å². The van der Waals surface area contributed by atoms with Gasteiger partial charge in [0.2, 0.25) is 0 Å². The second kappa shape index (κ2) is 13.0. The summed E-state index contributed by atoms with van der Waals surface area (Å²) in [6, 6.07) is 8.09. The van der Waals surface area contributed by atoms with Gasteiger partial charge in [0.15, 0.2) is 0 Å². The zero-order chi connectivity index (χ0) is 12.1. The Morgan fingerprint density at radius 1 is 1.00 bits per heavy atom. The van der Waals surface area contributed by atoms with Gasteiger partial charge >= 0.3 is 0 Å². The summed E-state index contributed by atoms with van der Waals surface area (Å²) in [4.78, 5) is 0. The molecule has 0 spiro atoms. The molecule has 0 aromatic heterocycles. The van der Waals surface area contributed by atoms with Crippen LogP contribution in [0, 0.1) is 0 Å². The summed E-state index contributed by atoms with van der Waals surface area (Å²) in [7, 11) is 0. The largest absolute Gasteiger partial charge is 0.399 e. The van der Waals surface area contributed by atoms with E-state index in [1.165, 1.54) is 18.4 Å². The third kappa shape index (κ3) is 8.04. The van der Waals surface area contributed by atoms with Crippen molar-refractivity contribution in [2.75, 3.05) is 5.73 Å². The number of anilines is 1. The Balaban J connectivity index is 0. The molecule has 0 heterocycles. The van der Waals surface area contributed by atoms with Crippen LogP contribution in [-0.4, -0.2) is 0 Å². The fourth-order valence-electron chi connectivity index (χ4n) is 1.13. The van der Waals surface area contributed by atoms with Gasteiger partial charge in [-0.2, -0.15) is 0 Å². The van der Waals surface area contributed by atoms with Crippen molar-refractivity contribution in [3.8, 4) is 0 Å². The van der Waals surface area contributed by atoms with Gasteiger partial charge in [0.25, 0.3) is 0 Å². The summed E-state index contributed by atoms with van der Waals surface area (Å²) in [5.74, 6) is 0. The molecule has 0 unspecified atom stereocenters. The van der Waals surface area contributed by atoms with Gasteiger partial charge in [-0.05, 0) is 24.5 Å². The maximum atomic E-state index is 5.76. The molecular formula is C14H27N. The minimum atomic E-state index is 0.931. The van der Waals surface area contributed by atoms with Crippen molar-refractivity contribution in [3.05, 3.63) is 29.8 Å². The number of nitrogen functional groups attached to an aromatic ring is 1. The molecule has 1 aromatic rings. The summed E-state index contributed by atoms with van der Waals surface area (Å²) < 4.78 is 0. The first-order valence-electron chi connectivity index (χ1n) is 6.18. The molecule has 15 heavy (non-hydrogen) atoms. The average Bonchev–Trinajstić information content (AvgIpc) is 2.33. The van der Waals surface area contributed by atoms with Crippen LogP contribution in [0.5, 0.6) is 0 Å². The predicted molar refractivity (Wildman–Crippen MR) is 72.2 cm³/mol. The highest BCUT2D eigenvalue weighted by Gasteiger charge is 1.94. The topological polar surface area (TPSA) is 26.0 Å². The monoisotopic (exact) mass is 209 g/mol. The van der Waals surface area contributed by atoms with E-state index in [1.807, 2.05) is 45.9 Å². The second-order valence-corrected chi connectivity index (χ2v) is 2.80. The molecule has 0 radical (unpaired) electrons. The molecular weight excluding hydrogens is 182 g/mol. The lowest BCUT2D eigenvalue weighted by Crippen LogP contribution is -1.92. The van der Waals surface area contributed by atoms with E-state index in [-0.39, 0.29) is 0 Å². The van der Waals surface area contributed by atoms with Crippen molar-refractivity contribution in [2.24, 2.45) is 0 Å². The van der Waals surface area contributed by atoms with Crippen LogP contribution in [0.2, 0.25) is 0 Å². The molecule has 1 heteroatoms. The van der Waals surface area contributed by atoms with Gasteiger partial charge in [0.05, 0.1) is 0 Å². The summed E-state index contributed by atoms with van der Waals surface area (Å²) in [6.45, 7) is 10.2. The normalized spacial score (nSPS) is 8.07. The number of hydrogen-bond acceptors (Lipinski definition) is 1. The highest BCUT2D eigenvalue weighted by atomic mass is 14.6. The summed E-state index contributed by atoms with van der Waals surface area (Å²) in [5, 5.41) is 0. The number of para-hydroxylation sites is 1. The quantitative estimate of drug-likeness (QED) is 0.720. The number of rotatable bonds is 3. The van der Waals surface area contributed by atoms with Gasteiger partial charge < -0.3 is 5.73 Å². The molecule has 0 atom stereocenters. The van der Waals surface area contributed by atoms with E-state index >= 15 is 0 Å². The van der Waals surface area contributed by atoms with Gasteiger partial charge in [-0.15, -0.1) is 0 Å². The van der Waals surface area contributed by atoms with E-state index in [1.54, 1.807) is 0 Å². The molecule has 0 saturated carbocycles. The van der Waals surface area contributed by atoms with E-state index in [9.17, 15) is 0 Å². The SMILES string of the molecule is CC.CC.CCCCc1ccccc1N. The van der Waals surface area contributed by atoms with Crippen LogP contribution < -0.4 is 5.73 Å². The molecule has 1 rings (SSSR count). The van der Waals surface area contributed by atoms with Crippen LogP contribution in [0.25, 0.3) is 0 Å². The smallest absolute Gasteiger partial charge is 0.0346 e. The zero-order valence-electron chi connectivity index (χ0n) is 11.0. The van der Waals surface area contributed by atoms with Gasteiger partial charge in [-0.25, -0.2) is 0 Å². The molecule has 0 aliphatic heterocycles. The minimum Gasteiger partial charge on any atom is -0.399 e. The number of nitrogens with two attached hydrogens (primary N) is 1. The lowest BCUT2D eigenvalue weighted by molar-refractivity contribution is 0.796. The summed E-state index contributed by atoms with van der Waals surface area (Å²) >= 11 is 0. The summed E-state index contributed by atoms with van der Waals surface area (Å²) in [5.41, 5.74) is 7.98. The maximum Gasteiger partial charge on any atom is 0.0346 e. The fraction of sp³-hybridized carbons (Fsp3) is 0.571. The molecule has 0 amide bonds. The highest BCUT2D eigenvalue weighted by molar-refractivity contribution is 5.46. The Morgan fingerprint density at radius 2 is 1.53 bits per heavy atom. The first-order chi connectivity index (χ1) is 7.34. The summed E-state index contributed by atoms with van der Waals surface area (Å²) in [6.07, 6.45) is 3.58. The molecule has 0 fully saturated rings.